The summed E-state index contributed by atoms with van der Waals surface area (Å²) in [6.07, 6.45) is 0.677. The predicted octanol–water partition coefficient (Wildman–Crippen LogP) is 1.30. The Balaban J connectivity index is 0.00000225. The van der Waals surface area contributed by atoms with Gasteiger partial charge in [-0.05, 0) is 12.0 Å². The molecule has 0 unspecified atom stereocenters. The SMILES string of the molecule is C.O=[N+]([O-])c1cc(CCO)ccc1CCO. The second-order valence-electron chi connectivity index (χ2n) is 3.17. The van der Waals surface area contributed by atoms with Crippen LogP contribution in [0.3, 0.4) is 0 Å². The van der Waals surface area contributed by atoms with Gasteiger partial charge < -0.3 is 10.2 Å². The third-order valence-corrected chi connectivity index (χ3v) is 2.13. The number of rotatable bonds is 5. The van der Waals surface area contributed by atoms with E-state index in [1.165, 1.54) is 6.07 Å². The van der Waals surface area contributed by atoms with Gasteiger partial charge in [-0.15, -0.1) is 0 Å². The first-order chi connectivity index (χ1) is 7.19. The van der Waals surface area contributed by atoms with Gasteiger partial charge in [-0.2, -0.15) is 0 Å². The molecule has 2 N–H and O–H groups in total. The first-order valence-corrected chi connectivity index (χ1v) is 4.67. The van der Waals surface area contributed by atoms with E-state index < -0.39 is 4.92 Å². The monoisotopic (exact) mass is 227 g/mol. The number of nitro benzene ring substituents is 1. The van der Waals surface area contributed by atoms with E-state index in [2.05, 4.69) is 0 Å². The Labute approximate surface area is 94.5 Å². The molecule has 1 rings (SSSR count). The number of nitro groups is 1. The molecule has 0 aromatic heterocycles. The summed E-state index contributed by atoms with van der Waals surface area (Å²) in [6, 6.07) is 4.80. The van der Waals surface area contributed by atoms with E-state index in [1.807, 2.05) is 0 Å². The zero-order valence-electron chi connectivity index (χ0n) is 8.22. The fourth-order valence-electron chi connectivity index (χ4n) is 1.40. The Kier molecular flexibility index (Phi) is 6.29. The highest BCUT2D eigenvalue weighted by Crippen LogP contribution is 2.21. The van der Waals surface area contributed by atoms with E-state index in [0.717, 1.165) is 5.56 Å². The van der Waals surface area contributed by atoms with Crippen molar-refractivity contribution in [2.75, 3.05) is 13.2 Å². The molecule has 0 radical (unpaired) electrons. The van der Waals surface area contributed by atoms with Crippen molar-refractivity contribution >= 4 is 5.69 Å². The first kappa shape index (κ1) is 14.5. The molecule has 0 saturated heterocycles. The number of aliphatic hydroxyl groups excluding tert-OH is 2. The summed E-state index contributed by atoms with van der Waals surface area (Å²) in [4.78, 5) is 10.2. The van der Waals surface area contributed by atoms with E-state index in [9.17, 15) is 10.1 Å². The van der Waals surface area contributed by atoms with Gasteiger partial charge in [0.2, 0.25) is 0 Å². The Bertz CT molecular complexity index is 352. The van der Waals surface area contributed by atoms with Crippen LogP contribution in [-0.4, -0.2) is 28.4 Å². The lowest BCUT2D eigenvalue weighted by atomic mass is 10.1. The average molecular weight is 227 g/mol. The van der Waals surface area contributed by atoms with Gasteiger partial charge in [0, 0.05) is 31.3 Å². The van der Waals surface area contributed by atoms with Crippen LogP contribution >= 0.6 is 0 Å². The molecule has 0 amide bonds. The number of benzene rings is 1. The smallest absolute Gasteiger partial charge is 0.272 e. The minimum absolute atomic E-state index is 0. The van der Waals surface area contributed by atoms with Crippen LogP contribution in [-0.2, 0) is 12.8 Å². The second kappa shape index (κ2) is 6.92. The molecule has 0 heterocycles. The molecule has 16 heavy (non-hydrogen) atoms. The summed E-state index contributed by atoms with van der Waals surface area (Å²) in [5, 5.41) is 28.2. The molecule has 0 fully saturated rings. The molecule has 0 saturated carbocycles. The lowest BCUT2D eigenvalue weighted by molar-refractivity contribution is -0.385. The standard InChI is InChI=1S/C10H13NO4.CH4/c12-5-3-8-1-2-9(4-6-13)10(7-8)11(14)15;/h1-2,7,12-13H,3-6H2;1H4. The third-order valence-electron chi connectivity index (χ3n) is 2.13. The fraction of sp³-hybridized carbons (Fsp3) is 0.455. The number of hydrogen-bond acceptors (Lipinski definition) is 4. The van der Waals surface area contributed by atoms with Crippen LogP contribution in [0.4, 0.5) is 5.69 Å². The summed E-state index contributed by atoms with van der Waals surface area (Å²) >= 11 is 0. The molecule has 0 bridgehead atoms. The van der Waals surface area contributed by atoms with E-state index in [4.69, 9.17) is 10.2 Å². The molecular formula is C11H17NO4. The van der Waals surface area contributed by atoms with E-state index in [-0.39, 0.29) is 32.7 Å². The maximum Gasteiger partial charge on any atom is 0.272 e. The van der Waals surface area contributed by atoms with Gasteiger partial charge in [0.05, 0.1) is 4.92 Å². The molecule has 0 atom stereocenters. The summed E-state index contributed by atoms with van der Waals surface area (Å²) in [6.45, 7) is -0.142. The van der Waals surface area contributed by atoms with Crippen molar-refractivity contribution in [1.29, 1.82) is 0 Å². The molecule has 1 aromatic carbocycles. The summed E-state index contributed by atoms with van der Waals surface area (Å²) in [5.74, 6) is 0. The van der Waals surface area contributed by atoms with Crippen LogP contribution < -0.4 is 0 Å². The maximum absolute atomic E-state index is 10.7. The molecule has 90 valence electrons. The van der Waals surface area contributed by atoms with Crippen LogP contribution in [0.2, 0.25) is 0 Å². The van der Waals surface area contributed by atoms with E-state index in [1.54, 1.807) is 12.1 Å². The predicted molar refractivity (Wildman–Crippen MR) is 61.4 cm³/mol. The average Bonchev–Trinajstić information content (AvgIpc) is 2.21. The van der Waals surface area contributed by atoms with Crippen LogP contribution in [0.15, 0.2) is 18.2 Å². The quantitative estimate of drug-likeness (QED) is 0.586. The fourth-order valence-corrected chi connectivity index (χ4v) is 1.40. The third kappa shape index (κ3) is 3.60. The van der Waals surface area contributed by atoms with E-state index in [0.29, 0.717) is 12.0 Å². The normalized spacial score (nSPS) is 9.62. The summed E-state index contributed by atoms with van der Waals surface area (Å²) < 4.78 is 0. The van der Waals surface area contributed by atoms with Crippen molar-refractivity contribution < 1.29 is 15.1 Å². The van der Waals surface area contributed by atoms with Gasteiger partial charge in [-0.25, -0.2) is 0 Å². The molecule has 1 aromatic rings. The molecule has 0 spiro atoms. The summed E-state index contributed by atoms with van der Waals surface area (Å²) in [5.41, 5.74) is 1.25. The Morgan fingerprint density at radius 3 is 2.31 bits per heavy atom. The highest BCUT2D eigenvalue weighted by Gasteiger charge is 2.13. The van der Waals surface area contributed by atoms with Gasteiger partial charge in [0.1, 0.15) is 0 Å². The van der Waals surface area contributed by atoms with Crippen molar-refractivity contribution in [3.8, 4) is 0 Å². The largest absolute Gasteiger partial charge is 0.396 e. The maximum atomic E-state index is 10.7. The Morgan fingerprint density at radius 2 is 1.81 bits per heavy atom. The van der Waals surface area contributed by atoms with Crippen LogP contribution in [0, 0.1) is 10.1 Å². The molecule has 0 aliphatic rings. The minimum atomic E-state index is -0.466. The molecule has 0 aliphatic carbocycles. The van der Waals surface area contributed by atoms with Crippen molar-refractivity contribution in [2.45, 2.75) is 20.3 Å². The van der Waals surface area contributed by atoms with Crippen molar-refractivity contribution in [3.63, 3.8) is 0 Å². The molecule has 5 nitrogen and oxygen atoms in total. The Hall–Kier alpha value is -1.46. The lowest BCUT2D eigenvalue weighted by Gasteiger charge is -2.03. The molecule has 5 heteroatoms. The molecular weight excluding hydrogens is 210 g/mol. The second-order valence-corrected chi connectivity index (χ2v) is 3.17. The zero-order valence-corrected chi connectivity index (χ0v) is 8.22. The summed E-state index contributed by atoms with van der Waals surface area (Å²) in [7, 11) is 0. The van der Waals surface area contributed by atoms with E-state index >= 15 is 0 Å². The number of hydrogen-bond donors (Lipinski definition) is 2. The van der Waals surface area contributed by atoms with Gasteiger partial charge in [-0.1, -0.05) is 19.6 Å². The highest BCUT2D eigenvalue weighted by atomic mass is 16.6. The first-order valence-electron chi connectivity index (χ1n) is 4.67. The minimum Gasteiger partial charge on any atom is -0.396 e. The van der Waals surface area contributed by atoms with Gasteiger partial charge in [0.25, 0.3) is 5.69 Å². The van der Waals surface area contributed by atoms with Crippen molar-refractivity contribution in [1.82, 2.24) is 0 Å². The van der Waals surface area contributed by atoms with Gasteiger partial charge >= 0.3 is 0 Å². The Morgan fingerprint density at radius 1 is 1.19 bits per heavy atom. The lowest BCUT2D eigenvalue weighted by Crippen LogP contribution is -2.00. The van der Waals surface area contributed by atoms with Gasteiger partial charge in [0.15, 0.2) is 0 Å². The highest BCUT2D eigenvalue weighted by molar-refractivity contribution is 5.43. The van der Waals surface area contributed by atoms with Gasteiger partial charge in [-0.3, -0.25) is 10.1 Å². The molecule has 0 aliphatic heterocycles. The van der Waals surface area contributed by atoms with Crippen LogP contribution in [0.5, 0.6) is 0 Å². The van der Waals surface area contributed by atoms with Crippen LogP contribution in [0.1, 0.15) is 18.6 Å². The van der Waals surface area contributed by atoms with Crippen molar-refractivity contribution in [2.24, 2.45) is 0 Å². The van der Waals surface area contributed by atoms with Crippen LogP contribution in [0.25, 0.3) is 0 Å². The number of nitrogens with zero attached hydrogens (tertiary/aromatic N) is 1. The zero-order chi connectivity index (χ0) is 11.3. The topological polar surface area (TPSA) is 83.6 Å². The van der Waals surface area contributed by atoms with Crippen molar-refractivity contribution in [3.05, 3.63) is 39.4 Å². The number of aliphatic hydroxyl groups is 2.